The van der Waals surface area contributed by atoms with Gasteiger partial charge in [-0.1, -0.05) is 13.8 Å². The lowest BCUT2D eigenvalue weighted by Crippen LogP contribution is -2.40. The number of nitrogens with two attached hydrogens (primary N) is 1. The quantitative estimate of drug-likeness (QED) is 0.429. The Labute approximate surface area is 102 Å². The van der Waals surface area contributed by atoms with Gasteiger partial charge in [0.05, 0.1) is 0 Å². The molecule has 0 saturated carbocycles. The highest BCUT2D eigenvalue weighted by Crippen LogP contribution is 2.06. The SMILES string of the molecule is CCN(Cc1ccncc1)CC(C)C(=O)NN. The van der Waals surface area contributed by atoms with Gasteiger partial charge in [-0.05, 0) is 24.2 Å². The van der Waals surface area contributed by atoms with E-state index >= 15 is 0 Å². The average Bonchev–Trinajstić information content (AvgIpc) is 2.38. The fraction of sp³-hybridized carbons (Fsp3) is 0.500. The fourth-order valence-corrected chi connectivity index (χ4v) is 1.66. The molecule has 17 heavy (non-hydrogen) atoms. The molecule has 0 aromatic carbocycles. The van der Waals surface area contributed by atoms with Gasteiger partial charge >= 0.3 is 0 Å². The highest BCUT2D eigenvalue weighted by atomic mass is 16.2. The first-order chi connectivity index (χ1) is 8.17. The van der Waals surface area contributed by atoms with Crippen molar-refractivity contribution in [1.82, 2.24) is 15.3 Å². The lowest BCUT2D eigenvalue weighted by molar-refractivity contribution is -0.125. The number of hydrogen-bond donors (Lipinski definition) is 2. The molecule has 0 radical (unpaired) electrons. The molecule has 1 rings (SSSR count). The highest BCUT2D eigenvalue weighted by molar-refractivity contribution is 5.77. The predicted octanol–water partition coefficient (Wildman–Crippen LogP) is 0.529. The molecule has 0 fully saturated rings. The maximum absolute atomic E-state index is 11.3. The number of hydrogen-bond acceptors (Lipinski definition) is 4. The lowest BCUT2D eigenvalue weighted by atomic mass is 10.1. The molecule has 1 aromatic rings. The third-order valence-corrected chi connectivity index (χ3v) is 2.72. The van der Waals surface area contributed by atoms with Crippen molar-refractivity contribution in [3.05, 3.63) is 30.1 Å². The van der Waals surface area contributed by atoms with E-state index in [9.17, 15) is 4.79 Å². The van der Waals surface area contributed by atoms with Crippen LogP contribution >= 0.6 is 0 Å². The van der Waals surface area contributed by atoms with E-state index in [2.05, 4.69) is 22.2 Å². The Morgan fingerprint density at radius 1 is 1.53 bits per heavy atom. The van der Waals surface area contributed by atoms with Gasteiger partial charge in [0.15, 0.2) is 0 Å². The molecule has 1 aromatic heterocycles. The van der Waals surface area contributed by atoms with Crippen LogP contribution in [-0.4, -0.2) is 28.9 Å². The van der Waals surface area contributed by atoms with E-state index in [0.29, 0.717) is 6.54 Å². The van der Waals surface area contributed by atoms with Crippen LogP contribution in [0.2, 0.25) is 0 Å². The zero-order valence-electron chi connectivity index (χ0n) is 10.4. The summed E-state index contributed by atoms with van der Waals surface area (Å²) in [6.45, 7) is 6.36. The first-order valence-corrected chi connectivity index (χ1v) is 5.79. The van der Waals surface area contributed by atoms with Crippen molar-refractivity contribution in [3.63, 3.8) is 0 Å². The number of rotatable bonds is 6. The summed E-state index contributed by atoms with van der Waals surface area (Å²) >= 11 is 0. The van der Waals surface area contributed by atoms with Crippen molar-refractivity contribution in [2.24, 2.45) is 11.8 Å². The van der Waals surface area contributed by atoms with E-state index in [4.69, 9.17) is 5.84 Å². The van der Waals surface area contributed by atoms with Crippen molar-refractivity contribution >= 4 is 5.91 Å². The number of carbonyl (C=O) groups is 1. The Bertz CT molecular complexity index is 342. The maximum Gasteiger partial charge on any atom is 0.237 e. The van der Waals surface area contributed by atoms with E-state index < -0.39 is 0 Å². The third kappa shape index (κ3) is 4.50. The molecule has 94 valence electrons. The average molecular weight is 236 g/mol. The second-order valence-corrected chi connectivity index (χ2v) is 4.09. The van der Waals surface area contributed by atoms with Crippen molar-refractivity contribution in [2.75, 3.05) is 13.1 Å². The first-order valence-electron chi connectivity index (χ1n) is 5.79. The monoisotopic (exact) mass is 236 g/mol. The van der Waals surface area contributed by atoms with Gasteiger partial charge in [-0.15, -0.1) is 0 Å². The first kappa shape index (κ1) is 13.6. The van der Waals surface area contributed by atoms with Crippen LogP contribution in [0.25, 0.3) is 0 Å². The number of hydrazine groups is 1. The van der Waals surface area contributed by atoms with Crippen molar-refractivity contribution in [3.8, 4) is 0 Å². The topological polar surface area (TPSA) is 71.2 Å². The van der Waals surface area contributed by atoms with E-state index in [1.165, 1.54) is 5.56 Å². The molecular weight excluding hydrogens is 216 g/mol. The Morgan fingerprint density at radius 3 is 2.71 bits per heavy atom. The fourth-order valence-electron chi connectivity index (χ4n) is 1.66. The van der Waals surface area contributed by atoms with Crippen molar-refractivity contribution < 1.29 is 4.79 Å². The zero-order valence-corrected chi connectivity index (χ0v) is 10.4. The molecule has 0 spiro atoms. The molecule has 0 aliphatic heterocycles. The second kappa shape index (κ2) is 6.98. The van der Waals surface area contributed by atoms with Gasteiger partial charge in [-0.25, -0.2) is 5.84 Å². The molecular formula is C12H20N4O. The van der Waals surface area contributed by atoms with E-state index in [0.717, 1.165) is 13.1 Å². The minimum absolute atomic E-state index is 0.109. The smallest absolute Gasteiger partial charge is 0.237 e. The Hall–Kier alpha value is -1.46. The van der Waals surface area contributed by atoms with Gasteiger partial charge in [0.1, 0.15) is 0 Å². The van der Waals surface area contributed by atoms with E-state index in [1.807, 2.05) is 19.1 Å². The van der Waals surface area contributed by atoms with Crippen LogP contribution in [0.3, 0.4) is 0 Å². The number of pyridine rings is 1. The van der Waals surface area contributed by atoms with Crippen LogP contribution in [-0.2, 0) is 11.3 Å². The van der Waals surface area contributed by atoms with Gasteiger partial charge in [-0.2, -0.15) is 0 Å². The molecule has 0 aliphatic rings. The summed E-state index contributed by atoms with van der Waals surface area (Å²) in [6.07, 6.45) is 3.55. The summed E-state index contributed by atoms with van der Waals surface area (Å²) in [6, 6.07) is 3.96. The molecule has 1 heterocycles. The van der Waals surface area contributed by atoms with Gasteiger partial charge in [0.25, 0.3) is 0 Å². The molecule has 1 unspecified atom stereocenters. The summed E-state index contributed by atoms with van der Waals surface area (Å²) in [7, 11) is 0. The molecule has 5 nitrogen and oxygen atoms in total. The molecule has 3 N–H and O–H groups in total. The molecule has 0 bridgehead atoms. The number of nitrogens with zero attached hydrogens (tertiary/aromatic N) is 2. The summed E-state index contributed by atoms with van der Waals surface area (Å²) in [5, 5.41) is 0. The molecule has 0 saturated heterocycles. The van der Waals surface area contributed by atoms with Crippen LogP contribution in [0.4, 0.5) is 0 Å². The normalized spacial score (nSPS) is 12.5. The second-order valence-electron chi connectivity index (χ2n) is 4.09. The van der Waals surface area contributed by atoms with Crippen molar-refractivity contribution in [1.29, 1.82) is 0 Å². The van der Waals surface area contributed by atoms with Gasteiger partial charge in [-0.3, -0.25) is 20.1 Å². The van der Waals surface area contributed by atoms with Crippen LogP contribution in [0.1, 0.15) is 19.4 Å². The summed E-state index contributed by atoms with van der Waals surface area (Å²) < 4.78 is 0. The van der Waals surface area contributed by atoms with Crippen LogP contribution < -0.4 is 11.3 Å². The largest absolute Gasteiger partial charge is 0.299 e. The molecule has 1 atom stereocenters. The van der Waals surface area contributed by atoms with Crippen LogP contribution in [0.15, 0.2) is 24.5 Å². The number of nitrogens with one attached hydrogen (secondary N) is 1. The number of aromatic nitrogens is 1. The number of amides is 1. The van der Waals surface area contributed by atoms with Gasteiger partial charge < -0.3 is 0 Å². The highest BCUT2D eigenvalue weighted by Gasteiger charge is 2.15. The third-order valence-electron chi connectivity index (χ3n) is 2.72. The minimum Gasteiger partial charge on any atom is -0.299 e. The van der Waals surface area contributed by atoms with E-state index in [1.54, 1.807) is 12.4 Å². The molecule has 0 aliphatic carbocycles. The summed E-state index contributed by atoms with van der Waals surface area (Å²) in [5.41, 5.74) is 3.38. The Morgan fingerprint density at radius 2 is 2.18 bits per heavy atom. The maximum atomic E-state index is 11.3. The van der Waals surface area contributed by atoms with Crippen molar-refractivity contribution in [2.45, 2.75) is 20.4 Å². The minimum atomic E-state index is -0.127. The molecule has 1 amide bonds. The van der Waals surface area contributed by atoms with Gasteiger partial charge in [0.2, 0.25) is 5.91 Å². The lowest BCUT2D eigenvalue weighted by Gasteiger charge is -2.23. The van der Waals surface area contributed by atoms with Gasteiger partial charge in [0, 0.05) is 31.4 Å². The Balaban J connectivity index is 2.52. The Kier molecular flexibility index (Phi) is 5.59. The molecule has 5 heteroatoms. The number of carbonyl (C=O) groups excluding carboxylic acids is 1. The van der Waals surface area contributed by atoms with Crippen LogP contribution in [0, 0.1) is 5.92 Å². The zero-order chi connectivity index (χ0) is 12.7. The van der Waals surface area contributed by atoms with E-state index in [-0.39, 0.29) is 11.8 Å². The predicted molar refractivity (Wildman–Crippen MR) is 66.7 cm³/mol. The summed E-state index contributed by atoms with van der Waals surface area (Å²) in [5.74, 6) is 4.88. The standard InChI is InChI=1S/C12H20N4O/c1-3-16(8-10(2)12(17)15-13)9-11-4-6-14-7-5-11/h4-7,10H,3,8-9,13H2,1-2H3,(H,15,17). The summed E-state index contributed by atoms with van der Waals surface area (Å²) in [4.78, 5) is 17.5. The van der Waals surface area contributed by atoms with Crippen LogP contribution in [0.5, 0.6) is 0 Å².